The highest BCUT2D eigenvalue weighted by Crippen LogP contribution is 2.60. The molecular formula is C29H43F3N6O2. The number of halogens is 3. The number of nitrogens with zero attached hydrogens (tertiary/aromatic N) is 4. The number of nitrogens with one attached hydrogen (secondary N) is 2. The molecule has 2 saturated carbocycles. The summed E-state index contributed by atoms with van der Waals surface area (Å²) in [6, 6.07) is 1.06. The highest BCUT2D eigenvalue weighted by molar-refractivity contribution is 5.56. The second-order valence-electron chi connectivity index (χ2n) is 13.6. The summed E-state index contributed by atoms with van der Waals surface area (Å²) in [5.41, 5.74) is 5.03. The summed E-state index contributed by atoms with van der Waals surface area (Å²) in [4.78, 5) is 18.1. The first-order valence-corrected chi connectivity index (χ1v) is 14.8. The van der Waals surface area contributed by atoms with Crippen LogP contribution in [0.15, 0.2) is 23.3 Å². The average molecular weight is 565 g/mol. The number of pyridine rings is 1. The van der Waals surface area contributed by atoms with Crippen LogP contribution in [0, 0.1) is 17.3 Å². The van der Waals surface area contributed by atoms with Gasteiger partial charge in [-0.1, -0.05) is 13.3 Å². The minimum atomic E-state index is -4.56. The third-order valence-electron chi connectivity index (χ3n) is 10.1. The Morgan fingerprint density at radius 3 is 2.58 bits per heavy atom. The van der Waals surface area contributed by atoms with Gasteiger partial charge in [0.25, 0.3) is 0 Å². The van der Waals surface area contributed by atoms with Crippen LogP contribution in [-0.2, 0) is 12.7 Å². The maximum atomic E-state index is 14.3. The first-order chi connectivity index (χ1) is 18.9. The van der Waals surface area contributed by atoms with E-state index in [1.807, 2.05) is 6.92 Å². The Balaban J connectivity index is 1.32. The van der Waals surface area contributed by atoms with E-state index < -0.39 is 23.0 Å². The monoisotopic (exact) mass is 564 g/mol. The quantitative estimate of drug-likeness (QED) is 0.511. The summed E-state index contributed by atoms with van der Waals surface area (Å²) in [6.07, 6.45) is 5.38. The highest BCUT2D eigenvalue weighted by atomic mass is 19.4. The Morgan fingerprint density at radius 1 is 1.15 bits per heavy atom. The Hall–Kier alpha value is -1.92. The third-order valence-corrected chi connectivity index (χ3v) is 10.1. The van der Waals surface area contributed by atoms with Gasteiger partial charge in [-0.25, -0.2) is 15.6 Å². The van der Waals surface area contributed by atoms with E-state index in [1.54, 1.807) is 10.8 Å². The third kappa shape index (κ3) is 5.02. The topological polar surface area (TPSA) is 77.2 Å². The number of aromatic nitrogens is 2. The zero-order chi connectivity index (χ0) is 28.4. The zero-order valence-electron chi connectivity index (χ0n) is 23.8. The maximum Gasteiger partial charge on any atom is 0.418 e. The summed E-state index contributed by atoms with van der Waals surface area (Å²) in [6.45, 7) is 6.87. The number of rotatable bonds is 5. The second kappa shape index (κ2) is 10.1. The van der Waals surface area contributed by atoms with E-state index >= 15 is 0 Å². The average Bonchev–Trinajstić information content (AvgIpc) is 3.44. The molecule has 6 rings (SSSR count). The molecule has 0 spiro atoms. The van der Waals surface area contributed by atoms with Gasteiger partial charge in [-0.3, -0.25) is 18.8 Å². The van der Waals surface area contributed by atoms with E-state index in [0.29, 0.717) is 44.0 Å². The van der Waals surface area contributed by atoms with Gasteiger partial charge in [0, 0.05) is 36.9 Å². The SMILES string of the molecule is C[C@H]1CCCN(Cc2cc(C(F)(F)F)c3cn(C4CCCC(C5(C6NNCN6C)CC(C)(O)C5)C4)c(=O)n3c2)C1. The fraction of sp³-hybridized carbons (Fsp3) is 0.759. The lowest BCUT2D eigenvalue weighted by atomic mass is 9.50. The van der Waals surface area contributed by atoms with E-state index in [-0.39, 0.29) is 29.1 Å². The van der Waals surface area contributed by atoms with Gasteiger partial charge in [-0.15, -0.1) is 0 Å². The van der Waals surface area contributed by atoms with Crippen LogP contribution in [0.3, 0.4) is 0 Å². The van der Waals surface area contributed by atoms with Gasteiger partial charge in [0.1, 0.15) is 0 Å². The summed E-state index contributed by atoms with van der Waals surface area (Å²) < 4.78 is 45.7. The molecule has 2 aliphatic carbocycles. The Morgan fingerprint density at radius 2 is 1.93 bits per heavy atom. The smallest absolute Gasteiger partial charge is 0.390 e. The van der Waals surface area contributed by atoms with Gasteiger partial charge in [0.2, 0.25) is 0 Å². The molecule has 0 amide bonds. The number of hydrogen-bond donors (Lipinski definition) is 3. The van der Waals surface area contributed by atoms with Crippen molar-refractivity contribution >= 4 is 5.52 Å². The van der Waals surface area contributed by atoms with Gasteiger partial charge >= 0.3 is 11.9 Å². The van der Waals surface area contributed by atoms with Crippen LogP contribution >= 0.6 is 0 Å². The minimum absolute atomic E-state index is 0.0539. The molecule has 0 aromatic carbocycles. The molecule has 4 aliphatic rings. The maximum absolute atomic E-state index is 14.3. The number of hydrogen-bond acceptors (Lipinski definition) is 6. The summed E-state index contributed by atoms with van der Waals surface area (Å²) >= 11 is 0. The zero-order valence-corrected chi connectivity index (χ0v) is 23.8. The minimum Gasteiger partial charge on any atom is -0.390 e. The molecule has 4 atom stereocenters. The number of imidazole rings is 1. The first-order valence-electron chi connectivity index (χ1n) is 14.8. The van der Waals surface area contributed by atoms with Crippen LogP contribution in [0.25, 0.3) is 5.52 Å². The molecule has 40 heavy (non-hydrogen) atoms. The number of likely N-dealkylation sites (tertiary alicyclic amines) is 1. The number of alkyl halides is 3. The predicted octanol–water partition coefficient (Wildman–Crippen LogP) is 3.94. The molecule has 3 N–H and O–H groups in total. The first kappa shape index (κ1) is 28.2. The van der Waals surface area contributed by atoms with E-state index in [2.05, 4.69) is 34.6 Å². The number of fused-ring (bicyclic) bond motifs is 1. The van der Waals surface area contributed by atoms with E-state index in [0.717, 1.165) is 45.2 Å². The number of aliphatic hydroxyl groups is 1. The van der Waals surface area contributed by atoms with Crippen molar-refractivity contribution < 1.29 is 18.3 Å². The van der Waals surface area contributed by atoms with Crippen LogP contribution in [0.1, 0.15) is 82.4 Å². The van der Waals surface area contributed by atoms with Crippen molar-refractivity contribution in [2.75, 3.05) is 26.8 Å². The Kier molecular flexibility index (Phi) is 7.13. The summed E-state index contributed by atoms with van der Waals surface area (Å²) in [5, 5.41) is 10.8. The van der Waals surface area contributed by atoms with Gasteiger partial charge in [-0.05, 0) is 88.9 Å². The Bertz CT molecular complexity index is 1300. The van der Waals surface area contributed by atoms with E-state index in [9.17, 15) is 23.1 Å². The molecule has 2 aromatic rings. The summed E-state index contributed by atoms with van der Waals surface area (Å²) in [5.74, 6) is 0.750. The predicted molar refractivity (Wildman–Crippen MR) is 146 cm³/mol. The van der Waals surface area contributed by atoms with Crippen LogP contribution < -0.4 is 16.5 Å². The molecule has 0 radical (unpaired) electrons. The molecule has 8 nitrogen and oxygen atoms in total. The van der Waals surface area contributed by atoms with Crippen molar-refractivity contribution in [2.45, 2.75) is 95.7 Å². The van der Waals surface area contributed by atoms with Gasteiger partial charge in [0.15, 0.2) is 0 Å². The molecule has 4 heterocycles. The molecular weight excluding hydrogens is 521 g/mol. The van der Waals surface area contributed by atoms with Crippen LogP contribution in [0.5, 0.6) is 0 Å². The van der Waals surface area contributed by atoms with Crippen molar-refractivity contribution in [1.29, 1.82) is 0 Å². The second-order valence-corrected chi connectivity index (χ2v) is 13.6. The van der Waals surface area contributed by atoms with Crippen molar-refractivity contribution in [1.82, 2.24) is 29.6 Å². The van der Waals surface area contributed by atoms with Gasteiger partial charge < -0.3 is 5.11 Å². The molecule has 0 bridgehead atoms. The fourth-order valence-corrected chi connectivity index (χ4v) is 8.59. The van der Waals surface area contributed by atoms with Crippen LogP contribution in [0.4, 0.5) is 13.2 Å². The lowest BCUT2D eigenvalue weighted by Gasteiger charge is -2.60. The van der Waals surface area contributed by atoms with Crippen LogP contribution in [-0.4, -0.2) is 62.4 Å². The normalized spacial score (nSPS) is 36.3. The largest absolute Gasteiger partial charge is 0.418 e. The lowest BCUT2D eigenvalue weighted by Crippen LogP contribution is -2.65. The molecule has 2 aromatic heterocycles. The van der Waals surface area contributed by atoms with E-state index in [4.69, 9.17) is 0 Å². The lowest BCUT2D eigenvalue weighted by molar-refractivity contribution is -0.181. The molecule has 222 valence electrons. The van der Waals surface area contributed by atoms with Crippen molar-refractivity contribution in [2.24, 2.45) is 17.3 Å². The number of hydrazine groups is 1. The molecule has 3 unspecified atom stereocenters. The standard InChI is InChI=1S/C29H43F3N6O2/c1-19-6-5-9-36(12-19)13-20-10-23(29(30,31)32)24-15-37(26(39)38(24)14-20)22-8-4-7-21(11-22)28(16-27(2,40)17-28)25-34-33-18-35(25)3/h10,14-15,19,21-22,25,33-34,40H,4-9,11-13,16-18H2,1-3H3/t19-,21?,22?,25?,27?,28?/m0/s1. The van der Waals surface area contributed by atoms with Gasteiger partial charge in [-0.2, -0.15) is 13.2 Å². The summed E-state index contributed by atoms with van der Waals surface area (Å²) in [7, 11) is 2.05. The molecule has 11 heteroatoms. The fourth-order valence-electron chi connectivity index (χ4n) is 8.59. The van der Waals surface area contributed by atoms with Gasteiger partial charge in [0.05, 0.1) is 29.5 Å². The number of piperidine rings is 1. The Labute approximate surface area is 233 Å². The highest BCUT2D eigenvalue weighted by Gasteiger charge is 2.61. The van der Waals surface area contributed by atoms with Crippen LogP contribution in [0.2, 0.25) is 0 Å². The molecule has 2 aliphatic heterocycles. The van der Waals surface area contributed by atoms with E-state index in [1.165, 1.54) is 16.7 Å². The van der Waals surface area contributed by atoms with Crippen molar-refractivity contribution in [3.63, 3.8) is 0 Å². The van der Waals surface area contributed by atoms with Crippen molar-refractivity contribution in [3.05, 3.63) is 40.1 Å². The van der Waals surface area contributed by atoms with Crippen molar-refractivity contribution in [3.8, 4) is 0 Å². The molecule has 2 saturated heterocycles. The molecule has 4 fully saturated rings.